The van der Waals surface area contributed by atoms with Gasteiger partial charge in [-0.15, -0.1) is 5.10 Å². The SMILES string of the molecule is CCn1nnnc1SCC(=O)N1C(C)CCCC1C. The van der Waals surface area contributed by atoms with Crippen LogP contribution in [0.15, 0.2) is 5.16 Å². The third-order valence-corrected chi connectivity index (χ3v) is 4.55. The number of hydrogen-bond acceptors (Lipinski definition) is 5. The first-order valence-corrected chi connectivity index (χ1v) is 7.82. The van der Waals surface area contributed by atoms with Crippen LogP contribution in [0.1, 0.15) is 40.0 Å². The Morgan fingerprint density at radius 1 is 1.37 bits per heavy atom. The summed E-state index contributed by atoms with van der Waals surface area (Å²) < 4.78 is 1.71. The Bertz CT molecular complexity index is 426. The van der Waals surface area contributed by atoms with Crippen molar-refractivity contribution in [3.63, 3.8) is 0 Å². The molecule has 2 atom stereocenters. The van der Waals surface area contributed by atoms with Gasteiger partial charge in [-0.1, -0.05) is 11.8 Å². The lowest BCUT2D eigenvalue weighted by Crippen LogP contribution is -2.48. The molecular formula is C12H21N5OS. The Morgan fingerprint density at radius 2 is 2.05 bits per heavy atom. The summed E-state index contributed by atoms with van der Waals surface area (Å²) in [6.45, 7) is 6.97. The summed E-state index contributed by atoms with van der Waals surface area (Å²) in [7, 11) is 0. The van der Waals surface area contributed by atoms with Crippen molar-refractivity contribution >= 4 is 17.7 Å². The largest absolute Gasteiger partial charge is 0.337 e. The lowest BCUT2D eigenvalue weighted by molar-refractivity contribution is -0.134. The molecular weight excluding hydrogens is 262 g/mol. The fraction of sp³-hybridized carbons (Fsp3) is 0.833. The summed E-state index contributed by atoms with van der Waals surface area (Å²) in [6.07, 6.45) is 3.42. The van der Waals surface area contributed by atoms with E-state index < -0.39 is 0 Å². The summed E-state index contributed by atoms with van der Waals surface area (Å²) in [6, 6.07) is 0.693. The third-order valence-electron chi connectivity index (χ3n) is 3.60. The van der Waals surface area contributed by atoms with Crippen molar-refractivity contribution in [3.8, 4) is 0 Å². The molecule has 0 N–H and O–H groups in total. The van der Waals surface area contributed by atoms with Gasteiger partial charge in [0.25, 0.3) is 0 Å². The second kappa shape index (κ2) is 6.36. The van der Waals surface area contributed by atoms with E-state index >= 15 is 0 Å². The quantitative estimate of drug-likeness (QED) is 0.785. The number of nitrogens with zero attached hydrogens (tertiary/aromatic N) is 5. The molecule has 0 bridgehead atoms. The molecule has 6 nitrogen and oxygen atoms in total. The van der Waals surface area contributed by atoms with Crippen LogP contribution >= 0.6 is 11.8 Å². The molecule has 1 aliphatic heterocycles. The topological polar surface area (TPSA) is 63.9 Å². The zero-order valence-corrected chi connectivity index (χ0v) is 12.6. The van der Waals surface area contributed by atoms with Crippen molar-refractivity contribution in [2.24, 2.45) is 0 Å². The molecule has 1 aromatic heterocycles. The molecule has 19 heavy (non-hydrogen) atoms. The van der Waals surface area contributed by atoms with E-state index in [0.717, 1.165) is 19.4 Å². The highest BCUT2D eigenvalue weighted by atomic mass is 32.2. The van der Waals surface area contributed by atoms with E-state index in [9.17, 15) is 4.79 Å². The number of thioether (sulfide) groups is 1. The van der Waals surface area contributed by atoms with Crippen LogP contribution in [0.2, 0.25) is 0 Å². The van der Waals surface area contributed by atoms with Crippen LogP contribution in [-0.2, 0) is 11.3 Å². The van der Waals surface area contributed by atoms with Gasteiger partial charge in [0.1, 0.15) is 0 Å². The van der Waals surface area contributed by atoms with E-state index in [1.807, 2.05) is 11.8 Å². The van der Waals surface area contributed by atoms with Crippen LogP contribution in [0.4, 0.5) is 0 Å². The molecule has 2 unspecified atom stereocenters. The number of aromatic nitrogens is 4. The predicted octanol–water partition coefficient (Wildman–Crippen LogP) is 1.57. The van der Waals surface area contributed by atoms with Gasteiger partial charge in [-0.25, -0.2) is 4.68 Å². The van der Waals surface area contributed by atoms with Gasteiger partial charge in [-0.3, -0.25) is 4.79 Å². The van der Waals surface area contributed by atoms with E-state index in [1.54, 1.807) is 4.68 Å². The fourth-order valence-electron chi connectivity index (χ4n) is 2.61. The molecule has 0 spiro atoms. The summed E-state index contributed by atoms with van der Waals surface area (Å²) in [5, 5.41) is 12.1. The van der Waals surface area contributed by atoms with Crippen LogP contribution in [-0.4, -0.2) is 48.9 Å². The maximum atomic E-state index is 12.3. The summed E-state index contributed by atoms with van der Waals surface area (Å²) in [5.41, 5.74) is 0. The van der Waals surface area contributed by atoms with E-state index in [1.165, 1.54) is 18.2 Å². The lowest BCUT2D eigenvalue weighted by atomic mass is 9.98. The minimum atomic E-state index is 0.190. The lowest BCUT2D eigenvalue weighted by Gasteiger charge is -2.39. The van der Waals surface area contributed by atoms with E-state index in [4.69, 9.17) is 0 Å². The van der Waals surface area contributed by atoms with Crippen molar-refractivity contribution in [3.05, 3.63) is 0 Å². The molecule has 2 heterocycles. The van der Waals surface area contributed by atoms with Crippen LogP contribution in [0, 0.1) is 0 Å². The van der Waals surface area contributed by atoms with Gasteiger partial charge in [-0.2, -0.15) is 0 Å². The number of carbonyl (C=O) groups excluding carboxylic acids is 1. The molecule has 1 fully saturated rings. The number of likely N-dealkylation sites (tertiary alicyclic amines) is 1. The van der Waals surface area contributed by atoms with Crippen LogP contribution in [0.3, 0.4) is 0 Å². The van der Waals surface area contributed by atoms with Crippen LogP contribution < -0.4 is 0 Å². The Balaban J connectivity index is 1.93. The van der Waals surface area contributed by atoms with E-state index in [2.05, 4.69) is 29.4 Å². The van der Waals surface area contributed by atoms with Gasteiger partial charge in [0.15, 0.2) is 0 Å². The summed E-state index contributed by atoms with van der Waals surface area (Å²) >= 11 is 1.42. The molecule has 1 aliphatic rings. The van der Waals surface area contributed by atoms with Crippen LogP contribution in [0.5, 0.6) is 0 Å². The van der Waals surface area contributed by atoms with Crippen LogP contribution in [0.25, 0.3) is 0 Å². The zero-order valence-electron chi connectivity index (χ0n) is 11.7. The number of rotatable bonds is 4. The smallest absolute Gasteiger partial charge is 0.233 e. The highest BCUT2D eigenvalue weighted by Crippen LogP contribution is 2.24. The number of piperidine rings is 1. The number of amides is 1. The number of hydrogen-bond donors (Lipinski definition) is 0. The van der Waals surface area contributed by atoms with E-state index in [-0.39, 0.29) is 5.91 Å². The molecule has 0 aliphatic carbocycles. The molecule has 2 rings (SSSR count). The second-order valence-electron chi connectivity index (χ2n) is 5.00. The fourth-order valence-corrected chi connectivity index (χ4v) is 3.42. The maximum Gasteiger partial charge on any atom is 0.233 e. The minimum absolute atomic E-state index is 0.190. The molecule has 0 aromatic carbocycles. The standard InChI is InChI=1S/C12H21N5OS/c1-4-16-12(13-14-15-16)19-8-11(18)17-9(2)6-5-7-10(17)3/h9-10H,4-8H2,1-3H3. The van der Waals surface area contributed by atoms with Crippen molar-refractivity contribution in [1.29, 1.82) is 0 Å². The van der Waals surface area contributed by atoms with Gasteiger partial charge in [0, 0.05) is 18.6 Å². The first-order valence-electron chi connectivity index (χ1n) is 6.83. The molecule has 7 heteroatoms. The van der Waals surface area contributed by atoms with E-state index in [0.29, 0.717) is 23.0 Å². The van der Waals surface area contributed by atoms with Crippen molar-refractivity contribution in [1.82, 2.24) is 25.1 Å². The minimum Gasteiger partial charge on any atom is -0.337 e. The number of carbonyl (C=O) groups is 1. The Morgan fingerprint density at radius 3 is 2.68 bits per heavy atom. The number of aryl methyl sites for hydroxylation is 1. The highest BCUT2D eigenvalue weighted by Gasteiger charge is 2.28. The predicted molar refractivity (Wildman–Crippen MR) is 73.8 cm³/mol. The third kappa shape index (κ3) is 3.26. The summed E-state index contributed by atoms with van der Waals surface area (Å²) in [4.78, 5) is 14.4. The molecule has 1 aromatic rings. The maximum absolute atomic E-state index is 12.3. The van der Waals surface area contributed by atoms with Crippen molar-refractivity contribution < 1.29 is 4.79 Å². The molecule has 106 valence electrons. The average Bonchev–Trinajstić information content (AvgIpc) is 2.83. The molecule has 1 amide bonds. The van der Waals surface area contributed by atoms with Gasteiger partial charge in [0.2, 0.25) is 11.1 Å². The Hall–Kier alpha value is -1.11. The zero-order chi connectivity index (χ0) is 13.8. The Labute approximate surface area is 117 Å². The molecule has 0 saturated carbocycles. The van der Waals surface area contributed by atoms with Gasteiger partial charge in [0.05, 0.1) is 5.75 Å². The van der Waals surface area contributed by atoms with Gasteiger partial charge >= 0.3 is 0 Å². The first kappa shape index (κ1) is 14.3. The van der Waals surface area contributed by atoms with Gasteiger partial charge < -0.3 is 4.90 Å². The first-order chi connectivity index (χ1) is 9.13. The average molecular weight is 283 g/mol. The Kier molecular flexibility index (Phi) is 4.79. The van der Waals surface area contributed by atoms with Gasteiger partial charge in [-0.05, 0) is 50.5 Å². The highest BCUT2D eigenvalue weighted by molar-refractivity contribution is 7.99. The monoisotopic (exact) mass is 283 g/mol. The molecule has 0 radical (unpaired) electrons. The van der Waals surface area contributed by atoms with Crippen molar-refractivity contribution in [2.75, 3.05) is 5.75 Å². The number of tetrazole rings is 1. The second-order valence-corrected chi connectivity index (χ2v) is 5.94. The summed E-state index contributed by atoms with van der Waals surface area (Å²) in [5.74, 6) is 0.602. The van der Waals surface area contributed by atoms with Crippen molar-refractivity contribution in [2.45, 2.75) is 63.8 Å². The molecule has 1 saturated heterocycles. The normalized spacial score (nSPS) is 23.6.